The number of hydrogen-bond donors (Lipinski definition) is 0. The first-order chi connectivity index (χ1) is 13.1. The molecule has 0 aliphatic heterocycles. The second-order valence-corrected chi connectivity index (χ2v) is 5.94. The molecule has 0 amide bonds. The molecule has 0 bridgehead atoms. The molecule has 0 saturated heterocycles. The Kier molecular flexibility index (Phi) is 5.87. The van der Waals surface area contributed by atoms with Crippen molar-refractivity contribution in [1.82, 2.24) is 0 Å². The highest BCUT2D eigenvalue weighted by Gasteiger charge is 2.15. The third-order valence-corrected chi connectivity index (χ3v) is 4.11. The lowest BCUT2D eigenvalue weighted by Gasteiger charge is -2.10. The minimum atomic E-state index is -0.991. The summed E-state index contributed by atoms with van der Waals surface area (Å²) in [5.41, 5.74) is 1.68. The highest BCUT2D eigenvalue weighted by atomic mass is 19.2. The van der Waals surface area contributed by atoms with Crippen LogP contribution in [0.5, 0.6) is 11.5 Å². The second-order valence-electron chi connectivity index (χ2n) is 5.94. The molecule has 2 nitrogen and oxygen atoms in total. The van der Waals surface area contributed by atoms with Gasteiger partial charge in [0, 0.05) is 5.39 Å². The maximum Gasteiger partial charge on any atom is 0.201 e. The van der Waals surface area contributed by atoms with Gasteiger partial charge in [0.15, 0.2) is 11.6 Å². The standard InChI is InChI=1S/C23H20F2O2/c1-3-5-13-26-19-10-8-16(9-11-19)17-6-7-18-15-21(27-12-4-2)23(25)22(24)20(18)14-17/h3-11,14-15H,2,12-13H2,1H3. The molecule has 3 rings (SSSR count). The largest absolute Gasteiger partial charge is 0.490 e. The summed E-state index contributed by atoms with van der Waals surface area (Å²) in [7, 11) is 0. The van der Waals surface area contributed by atoms with Gasteiger partial charge in [0.2, 0.25) is 5.82 Å². The predicted octanol–water partition coefficient (Wildman–Crippen LogP) is 6.30. The molecule has 0 heterocycles. The molecular formula is C23H20F2O2. The van der Waals surface area contributed by atoms with Gasteiger partial charge in [0.1, 0.15) is 19.0 Å². The van der Waals surface area contributed by atoms with Gasteiger partial charge in [0.05, 0.1) is 0 Å². The van der Waals surface area contributed by atoms with Gasteiger partial charge in [-0.3, -0.25) is 0 Å². The number of halogens is 2. The molecule has 3 aromatic rings. The topological polar surface area (TPSA) is 18.5 Å². The lowest BCUT2D eigenvalue weighted by Crippen LogP contribution is -1.98. The summed E-state index contributed by atoms with van der Waals surface area (Å²) in [6, 6.07) is 14.2. The zero-order valence-electron chi connectivity index (χ0n) is 15.0. The fraction of sp³-hybridized carbons (Fsp3) is 0.130. The van der Waals surface area contributed by atoms with Crippen LogP contribution in [0.2, 0.25) is 0 Å². The van der Waals surface area contributed by atoms with E-state index in [0.29, 0.717) is 12.0 Å². The number of fused-ring (bicyclic) bond motifs is 1. The third kappa shape index (κ3) is 4.17. The van der Waals surface area contributed by atoms with Crippen molar-refractivity contribution in [2.45, 2.75) is 6.92 Å². The van der Waals surface area contributed by atoms with Crippen molar-refractivity contribution < 1.29 is 18.3 Å². The third-order valence-electron chi connectivity index (χ3n) is 4.11. The molecular weight excluding hydrogens is 346 g/mol. The van der Waals surface area contributed by atoms with E-state index in [0.717, 1.165) is 16.9 Å². The second kappa shape index (κ2) is 8.49. The number of ether oxygens (including phenoxy) is 2. The molecule has 0 aromatic heterocycles. The quantitative estimate of drug-likeness (QED) is 0.457. The molecule has 0 unspecified atom stereocenters. The fourth-order valence-electron chi connectivity index (χ4n) is 2.72. The first-order valence-electron chi connectivity index (χ1n) is 8.64. The first kappa shape index (κ1) is 18.6. The maximum atomic E-state index is 14.5. The van der Waals surface area contributed by atoms with Gasteiger partial charge < -0.3 is 9.47 Å². The van der Waals surface area contributed by atoms with Crippen molar-refractivity contribution in [1.29, 1.82) is 0 Å². The molecule has 0 aliphatic carbocycles. The first-order valence-corrected chi connectivity index (χ1v) is 8.64. The van der Waals surface area contributed by atoms with Crippen LogP contribution in [-0.2, 0) is 0 Å². The van der Waals surface area contributed by atoms with Gasteiger partial charge in [-0.2, -0.15) is 4.39 Å². The summed E-state index contributed by atoms with van der Waals surface area (Å²) < 4.78 is 39.5. The molecule has 4 heteroatoms. The Morgan fingerprint density at radius 2 is 1.63 bits per heavy atom. The number of benzene rings is 3. The van der Waals surface area contributed by atoms with E-state index in [1.54, 1.807) is 12.1 Å². The van der Waals surface area contributed by atoms with Crippen molar-refractivity contribution in [3.05, 3.63) is 85.0 Å². The van der Waals surface area contributed by atoms with Gasteiger partial charge in [-0.15, -0.1) is 0 Å². The van der Waals surface area contributed by atoms with E-state index < -0.39 is 11.6 Å². The van der Waals surface area contributed by atoms with E-state index in [4.69, 9.17) is 9.47 Å². The highest BCUT2D eigenvalue weighted by molar-refractivity contribution is 5.89. The molecule has 0 spiro atoms. The Morgan fingerprint density at radius 1 is 0.889 bits per heavy atom. The molecule has 138 valence electrons. The van der Waals surface area contributed by atoms with Crippen molar-refractivity contribution in [2.75, 3.05) is 13.2 Å². The smallest absolute Gasteiger partial charge is 0.201 e. The van der Waals surface area contributed by atoms with Gasteiger partial charge in [-0.1, -0.05) is 49.1 Å². The minimum Gasteiger partial charge on any atom is -0.490 e. The molecule has 27 heavy (non-hydrogen) atoms. The summed E-state index contributed by atoms with van der Waals surface area (Å²) in [4.78, 5) is 0. The Balaban J connectivity index is 1.92. The summed E-state index contributed by atoms with van der Waals surface area (Å²) in [5.74, 6) is -1.27. The molecule has 0 fully saturated rings. The van der Waals surface area contributed by atoms with Crippen LogP contribution >= 0.6 is 0 Å². The van der Waals surface area contributed by atoms with E-state index in [1.807, 2.05) is 49.4 Å². The SMILES string of the molecule is C=CCOc1cc2ccc(-c3ccc(OCC=CC)cc3)cc2c(F)c1F. The van der Waals surface area contributed by atoms with E-state index in [9.17, 15) is 8.78 Å². The van der Waals surface area contributed by atoms with Crippen LogP contribution in [0.4, 0.5) is 8.78 Å². The predicted molar refractivity (Wildman–Crippen MR) is 105 cm³/mol. The zero-order valence-corrected chi connectivity index (χ0v) is 15.0. The van der Waals surface area contributed by atoms with Gasteiger partial charge in [-0.05, 0) is 47.7 Å². The summed E-state index contributed by atoms with van der Waals surface area (Å²) in [5, 5.41) is 0.785. The Morgan fingerprint density at radius 3 is 2.33 bits per heavy atom. The van der Waals surface area contributed by atoms with Crippen molar-refractivity contribution in [2.24, 2.45) is 0 Å². The summed E-state index contributed by atoms with van der Waals surface area (Å²) in [6.45, 7) is 6.06. The van der Waals surface area contributed by atoms with Crippen molar-refractivity contribution >= 4 is 10.8 Å². The normalized spacial score (nSPS) is 11.1. The lowest BCUT2D eigenvalue weighted by molar-refractivity contribution is 0.334. The van der Waals surface area contributed by atoms with Crippen LogP contribution < -0.4 is 9.47 Å². The van der Waals surface area contributed by atoms with Crippen LogP contribution in [-0.4, -0.2) is 13.2 Å². The van der Waals surface area contributed by atoms with Crippen LogP contribution in [0.25, 0.3) is 21.9 Å². The molecule has 0 N–H and O–H groups in total. The van der Waals surface area contributed by atoms with Gasteiger partial charge in [-0.25, -0.2) is 4.39 Å². The Hall–Kier alpha value is -3.14. The van der Waals surface area contributed by atoms with Crippen molar-refractivity contribution in [3.63, 3.8) is 0 Å². The van der Waals surface area contributed by atoms with Crippen LogP contribution in [0.1, 0.15) is 6.92 Å². The molecule has 0 saturated carbocycles. The van der Waals surface area contributed by atoms with Crippen LogP contribution in [0.15, 0.2) is 73.3 Å². The minimum absolute atomic E-state index is 0.114. The molecule has 0 radical (unpaired) electrons. The van der Waals surface area contributed by atoms with E-state index in [-0.39, 0.29) is 17.7 Å². The van der Waals surface area contributed by atoms with Gasteiger partial charge in [0.25, 0.3) is 0 Å². The van der Waals surface area contributed by atoms with Crippen LogP contribution in [0, 0.1) is 11.6 Å². The van der Waals surface area contributed by atoms with Gasteiger partial charge >= 0.3 is 0 Å². The van der Waals surface area contributed by atoms with E-state index in [1.165, 1.54) is 12.1 Å². The van der Waals surface area contributed by atoms with E-state index in [2.05, 4.69) is 6.58 Å². The molecule has 0 atom stereocenters. The lowest BCUT2D eigenvalue weighted by atomic mass is 10.0. The molecule has 3 aromatic carbocycles. The summed E-state index contributed by atoms with van der Waals surface area (Å²) in [6.07, 6.45) is 5.32. The zero-order chi connectivity index (χ0) is 19.2. The van der Waals surface area contributed by atoms with Crippen LogP contribution in [0.3, 0.4) is 0 Å². The average Bonchev–Trinajstić information content (AvgIpc) is 2.70. The maximum absolute atomic E-state index is 14.5. The Bertz CT molecular complexity index is 976. The summed E-state index contributed by atoms with van der Waals surface area (Å²) >= 11 is 0. The Labute approximate surface area is 157 Å². The van der Waals surface area contributed by atoms with E-state index >= 15 is 0 Å². The van der Waals surface area contributed by atoms with Crippen molar-refractivity contribution in [3.8, 4) is 22.6 Å². The monoisotopic (exact) mass is 366 g/mol. The highest BCUT2D eigenvalue weighted by Crippen LogP contribution is 2.32. The fourth-order valence-corrected chi connectivity index (χ4v) is 2.72. The molecule has 0 aliphatic rings. The number of hydrogen-bond acceptors (Lipinski definition) is 2. The number of rotatable bonds is 7. The number of allylic oxidation sites excluding steroid dienone is 1. The average molecular weight is 366 g/mol.